The third kappa shape index (κ3) is 2.77. The van der Waals surface area contributed by atoms with Crippen LogP contribution in [0.25, 0.3) is 0 Å². The van der Waals surface area contributed by atoms with Crippen molar-refractivity contribution in [3.8, 4) is 17.7 Å². The summed E-state index contributed by atoms with van der Waals surface area (Å²) in [5, 5.41) is 8.62. The van der Waals surface area contributed by atoms with E-state index in [1.807, 2.05) is 22.6 Å². The lowest BCUT2D eigenvalue weighted by Gasteiger charge is -2.10. The number of nitrogen functional groups attached to an aromatic ring is 1. The van der Waals surface area contributed by atoms with Crippen molar-refractivity contribution >= 4 is 28.5 Å². The maximum absolute atomic E-state index is 13.7. The van der Waals surface area contributed by atoms with E-state index in [0.717, 1.165) is 12.1 Å². The molecule has 1 heterocycles. The zero-order valence-electron chi connectivity index (χ0n) is 10.1. The summed E-state index contributed by atoms with van der Waals surface area (Å²) in [6.45, 7) is 1.66. The van der Waals surface area contributed by atoms with Crippen LogP contribution in [0.2, 0.25) is 0 Å². The van der Waals surface area contributed by atoms with Crippen LogP contribution >= 0.6 is 22.6 Å². The van der Waals surface area contributed by atoms with Crippen LogP contribution in [0.1, 0.15) is 11.3 Å². The van der Waals surface area contributed by atoms with Crippen LogP contribution in [0.3, 0.4) is 0 Å². The molecule has 0 bridgehead atoms. The monoisotopic (exact) mass is 388 g/mol. The van der Waals surface area contributed by atoms with Crippen LogP contribution in [-0.4, -0.2) is 9.97 Å². The largest absolute Gasteiger partial charge is 0.432 e. The predicted octanol–water partition coefficient (Wildman–Crippen LogP) is 2.91. The molecular formula is C12H7F2IN4O. The molecule has 0 aliphatic rings. The molecule has 102 valence electrons. The highest BCUT2D eigenvalue weighted by Crippen LogP contribution is 2.31. The number of halogens is 3. The zero-order chi connectivity index (χ0) is 14.9. The lowest BCUT2D eigenvalue weighted by molar-refractivity contribution is 0.392. The van der Waals surface area contributed by atoms with Crippen molar-refractivity contribution in [2.24, 2.45) is 0 Å². The molecule has 0 aliphatic carbocycles. The van der Waals surface area contributed by atoms with Gasteiger partial charge in [0.15, 0.2) is 11.6 Å². The molecule has 0 spiro atoms. The molecule has 2 N–H and O–H groups in total. The molecule has 2 aromatic rings. The van der Waals surface area contributed by atoms with Crippen molar-refractivity contribution in [3.05, 3.63) is 38.6 Å². The number of aryl methyl sites for hydroxylation is 1. The van der Waals surface area contributed by atoms with Gasteiger partial charge in [-0.3, -0.25) is 0 Å². The first kappa shape index (κ1) is 14.4. The minimum Gasteiger partial charge on any atom is -0.432 e. The summed E-state index contributed by atoms with van der Waals surface area (Å²) in [6.07, 6.45) is 0. The van der Waals surface area contributed by atoms with Crippen LogP contribution in [0, 0.1) is 33.5 Å². The average molecular weight is 388 g/mol. The van der Waals surface area contributed by atoms with E-state index in [4.69, 9.17) is 15.7 Å². The number of aromatic nitrogens is 2. The molecule has 1 aromatic heterocycles. The molecule has 0 radical (unpaired) electrons. The Kier molecular flexibility index (Phi) is 3.99. The van der Waals surface area contributed by atoms with E-state index >= 15 is 0 Å². The third-order valence-corrected chi connectivity index (χ3v) is 3.57. The topological polar surface area (TPSA) is 84.8 Å². The summed E-state index contributed by atoms with van der Waals surface area (Å²) in [4.78, 5) is 7.69. The smallest absolute Gasteiger partial charge is 0.238 e. The van der Waals surface area contributed by atoms with Gasteiger partial charge in [-0.1, -0.05) is 0 Å². The van der Waals surface area contributed by atoms with Gasteiger partial charge in [0, 0.05) is 0 Å². The lowest BCUT2D eigenvalue weighted by Crippen LogP contribution is -2.04. The molecule has 0 amide bonds. The fourth-order valence-electron chi connectivity index (χ4n) is 1.44. The van der Waals surface area contributed by atoms with Gasteiger partial charge in [0.2, 0.25) is 17.6 Å². The van der Waals surface area contributed by atoms with Crippen molar-refractivity contribution in [3.63, 3.8) is 0 Å². The van der Waals surface area contributed by atoms with Gasteiger partial charge >= 0.3 is 0 Å². The fourth-order valence-corrected chi connectivity index (χ4v) is 1.79. The fraction of sp³-hybridized carbons (Fsp3) is 0.0833. The van der Waals surface area contributed by atoms with Gasteiger partial charge in [0.05, 0.1) is 20.9 Å². The highest BCUT2D eigenvalue weighted by atomic mass is 127. The summed E-state index contributed by atoms with van der Waals surface area (Å²) in [7, 11) is 0. The summed E-state index contributed by atoms with van der Waals surface area (Å²) in [5.41, 5.74) is 5.86. The molecule has 0 unspecified atom stereocenters. The molecular weight excluding hydrogens is 381 g/mol. The second-order valence-corrected chi connectivity index (χ2v) is 4.85. The highest BCUT2D eigenvalue weighted by molar-refractivity contribution is 14.1. The molecule has 20 heavy (non-hydrogen) atoms. The van der Waals surface area contributed by atoms with Gasteiger partial charge in [-0.2, -0.15) is 10.2 Å². The number of ether oxygens (including phenoxy) is 1. The Hall–Kier alpha value is -2.02. The van der Waals surface area contributed by atoms with Gasteiger partial charge in [0.25, 0.3) is 0 Å². The average Bonchev–Trinajstić information content (AvgIpc) is 2.38. The van der Waals surface area contributed by atoms with E-state index in [-0.39, 0.29) is 17.4 Å². The Balaban J connectivity index is 2.49. The van der Waals surface area contributed by atoms with E-state index in [2.05, 4.69) is 9.97 Å². The van der Waals surface area contributed by atoms with Crippen molar-refractivity contribution in [2.45, 2.75) is 6.92 Å². The van der Waals surface area contributed by atoms with Crippen molar-refractivity contribution in [2.75, 3.05) is 5.73 Å². The minimum absolute atomic E-state index is 0.0434. The van der Waals surface area contributed by atoms with Crippen LogP contribution in [0.4, 0.5) is 14.7 Å². The van der Waals surface area contributed by atoms with E-state index in [1.54, 1.807) is 13.0 Å². The third-order valence-electron chi connectivity index (χ3n) is 2.33. The Morgan fingerprint density at radius 3 is 2.45 bits per heavy atom. The number of hydrogen-bond donors (Lipinski definition) is 1. The number of nitrogens with two attached hydrogens (primary N) is 1. The van der Waals surface area contributed by atoms with Crippen LogP contribution in [-0.2, 0) is 0 Å². The standard InChI is InChI=1S/C12H7F2IN4O/c1-5-9(15)11(19-12(17)18-5)20-10-7(13)2-6(4-16)3-8(10)14/h2-3H,1H3,(H2,17,18,19). The molecule has 0 atom stereocenters. The van der Waals surface area contributed by atoms with E-state index in [1.165, 1.54) is 0 Å². The van der Waals surface area contributed by atoms with Crippen LogP contribution in [0.5, 0.6) is 11.6 Å². The number of anilines is 1. The number of rotatable bonds is 2. The van der Waals surface area contributed by atoms with E-state index in [0.29, 0.717) is 9.26 Å². The quantitative estimate of drug-likeness (QED) is 0.800. The highest BCUT2D eigenvalue weighted by Gasteiger charge is 2.17. The Morgan fingerprint density at radius 1 is 1.30 bits per heavy atom. The maximum Gasteiger partial charge on any atom is 0.238 e. The van der Waals surface area contributed by atoms with Gasteiger partial charge in [0.1, 0.15) is 0 Å². The van der Waals surface area contributed by atoms with Gasteiger partial charge in [-0.05, 0) is 41.6 Å². The number of nitrogens with zero attached hydrogens (tertiary/aromatic N) is 3. The Labute approximate surface area is 126 Å². The van der Waals surface area contributed by atoms with Crippen LogP contribution < -0.4 is 10.5 Å². The van der Waals surface area contributed by atoms with Gasteiger partial charge < -0.3 is 10.5 Å². The molecule has 5 nitrogen and oxygen atoms in total. The van der Waals surface area contributed by atoms with Gasteiger partial charge in [-0.25, -0.2) is 13.8 Å². The first-order valence-corrected chi connectivity index (χ1v) is 6.37. The minimum atomic E-state index is -0.993. The van der Waals surface area contributed by atoms with E-state index in [9.17, 15) is 8.78 Å². The maximum atomic E-state index is 13.7. The summed E-state index contributed by atoms with van der Waals surface area (Å²) < 4.78 is 33.1. The molecule has 2 rings (SSSR count). The summed E-state index contributed by atoms with van der Waals surface area (Å²) in [6, 6.07) is 3.40. The van der Waals surface area contributed by atoms with Gasteiger partial charge in [-0.15, -0.1) is 0 Å². The summed E-state index contributed by atoms with van der Waals surface area (Å²) in [5.74, 6) is -2.73. The SMILES string of the molecule is Cc1nc(N)nc(Oc2c(F)cc(C#N)cc2F)c1I. The van der Waals surface area contributed by atoms with Crippen LogP contribution in [0.15, 0.2) is 12.1 Å². The Bertz CT molecular complexity index is 707. The first-order chi connectivity index (χ1) is 9.42. The summed E-state index contributed by atoms with van der Waals surface area (Å²) >= 11 is 1.88. The molecule has 0 saturated carbocycles. The van der Waals surface area contributed by atoms with Crippen molar-refractivity contribution in [1.29, 1.82) is 5.26 Å². The number of benzene rings is 1. The second kappa shape index (κ2) is 5.54. The molecule has 0 saturated heterocycles. The molecule has 0 fully saturated rings. The number of nitriles is 1. The van der Waals surface area contributed by atoms with Crippen molar-refractivity contribution < 1.29 is 13.5 Å². The number of hydrogen-bond acceptors (Lipinski definition) is 5. The predicted molar refractivity (Wildman–Crippen MR) is 75.0 cm³/mol. The normalized spacial score (nSPS) is 10.2. The zero-order valence-corrected chi connectivity index (χ0v) is 12.3. The Morgan fingerprint density at radius 2 is 1.90 bits per heavy atom. The van der Waals surface area contributed by atoms with E-state index < -0.39 is 17.4 Å². The first-order valence-electron chi connectivity index (χ1n) is 5.29. The second-order valence-electron chi connectivity index (χ2n) is 3.77. The lowest BCUT2D eigenvalue weighted by atomic mass is 10.2. The molecule has 8 heteroatoms. The molecule has 0 aliphatic heterocycles. The molecule has 1 aromatic carbocycles. The van der Waals surface area contributed by atoms with Crippen molar-refractivity contribution in [1.82, 2.24) is 9.97 Å².